The average Bonchev–Trinajstić information content (AvgIpc) is 3.44. The minimum absolute atomic E-state index is 0.0714. The van der Waals surface area contributed by atoms with Gasteiger partial charge in [-0.3, -0.25) is 4.90 Å². The minimum atomic E-state index is -4.53. The van der Waals surface area contributed by atoms with Gasteiger partial charge in [-0.2, -0.15) is 13.2 Å². The Morgan fingerprint density at radius 3 is 2.27 bits per heavy atom. The second-order valence-corrected chi connectivity index (χ2v) is 10.2. The van der Waals surface area contributed by atoms with Gasteiger partial charge in [0.05, 0.1) is 6.54 Å². The van der Waals surface area contributed by atoms with E-state index in [-0.39, 0.29) is 18.1 Å². The van der Waals surface area contributed by atoms with Gasteiger partial charge in [0, 0.05) is 18.7 Å². The number of rotatable bonds is 9. The standard InChI is InChI=1S/C35H30F3NO2/c1-23-11-14-28-7-4-5-10-32(28)33(23)22-39(21-31-17-18-34(41-31)35(36,37)38)20-26-12-15-27(16-13-26)30-9-6-8-29(19-30)24(2)25(3)40/h4-19,40H,2-3,20-22H2,1H3. The molecule has 0 atom stereocenters. The molecule has 0 fully saturated rings. The molecule has 0 radical (unpaired) electrons. The molecule has 0 aliphatic heterocycles. The lowest BCUT2D eigenvalue weighted by molar-refractivity contribution is -0.153. The number of fused-ring (bicyclic) bond motifs is 1. The molecule has 0 unspecified atom stereocenters. The first-order chi connectivity index (χ1) is 19.6. The summed E-state index contributed by atoms with van der Waals surface area (Å²) in [6.45, 7) is 10.8. The predicted molar refractivity (Wildman–Crippen MR) is 158 cm³/mol. The van der Waals surface area contributed by atoms with E-state index < -0.39 is 11.9 Å². The van der Waals surface area contributed by atoms with Gasteiger partial charge in [-0.05, 0) is 69.3 Å². The van der Waals surface area contributed by atoms with Crippen molar-refractivity contribution in [3.8, 4) is 11.1 Å². The summed E-state index contributed by atoms with van der Waals surface area (Å²) in [6, 6.07) is 30.5. The maximum absolute atomic E-state index is 13.2. The van der Waals surface area contributed by atoms with Gasteiger partial charge in [0.1, 0.15) is 11.5 Å². The van der Waals surface area contributed by atoms with E-state index in [9.17, 15) is 18.3 Å². The molecule has 41 heavy (non-hydrogen) atoms. The molecule has 0 saturated carbocycles. The molecule has 0 aliphatic carbocycles. The number of hydrogen-bond donors (Lipinski definition) is 1. The molecule has 1 N–H and O–H groups in total. The van der Waals surface area contributed by atoms with Crippen LogP contribution in [0.2, 0.25) is 0 Å². The molecule has 6 heteroatoms. The van der Waals surface area contributed by atoms with Crippen LogP contribution in [0.3, 0.4) is 0 Å². The first kappa shape index (κ1) is 28.0. The Bertz CT molecular complexity index is 1710. The van der Waals surface area contributed by atoms with E-state index in [1.54, 1.807) is 0 Å². The number of halogens is 3. The highest BCUT2D eigenvalue weighted by atomic mass is 19.4. The van der Waals surface area contributed by atoms with Crippen molar-refractivity contribution < 1.29 is 22.7 Å². The number of benzene rings is 4. The molecule has 0 aliphatic rings. The molecule has 208 valence electrons. The Kier molecular flexibility index (Phi) is 7.86. The third kappa shape index (κ3) is 6.44. The molecule has 1 heterocycles. The summed E-state index contributed by atoms with van der Waals surface area (Å²) in [6.07, 6.45) is -4.53. The second-order valence-electron chi connectivity index (χ2n) is 10.2. The summed E-state index contributed by atoms with van der Waals surface area (Å²) < 4.78 is 44.8. The average molecular weight is 554 g/mol. The summed E-state index contributed by atoms with van der Waals surface area (Å²) in [5.41, 5.74) is 6.47. The smallest absolute Gasteiger partial charge is 0.449 e. The van der Waals surface area contributed by atoms with Crippen molar-refractivity contribution in [1.82, 2.24) is 4.90 Å². The lowest BCUT2D eigenvalue weighted by Gasteiger charge is -2.24. The number of allylic oxidation sites excluding steroid dienone is 1. The summed E-state index contributed by atoms with van der Waals surface area (Å²) >= 11 is 0. The molecular formula is C35H30F3NO2. The SMILES string of the molecule is C=C(O)C(=C)c1cccc(-c2ccc(CN(Cc3ccc(C(F)(F)F)o3)Cc3c(C)ccc4ccccc34)cc2)c1. The molecule has 0 saturated heterocycles. The lowest BCUT2D eigenvalue weighted by Crippen LogP contribution is -2.23. The number of furan rings is 1. The summed E-state index contributed by atoms with van der Waals surface area (Å²) in [4.78, 5) is 2.10. The van der Waals surface area contributed by atoms with E-state index in [1.807, 2.05) is 60.7 Å². The van der Waals surface area contributed by atoms with E-state index in [0.717, 1.165) is 50.2 Å². The van der Waals surface area contributed by atoms with Crippen molar-refractivity contribution in [1.29, 1.82) is 0 Å². The highest BCUT2D eigenvalue weighted by Crippen LogP contribution is 2.32. The van der Waals surface area contributed by atoms with Crippen LogP contribution in [-0.2, 0) is 25.8 Å². The number of aliphatic hydroxyl groups is 1. The van der Waals surface area contributed by atoms with Crippen LogP contribution in [0.5, 0.6) is 0 Å². The summed E-state index contributed by atoms with van der Waals surface area (Å²) in [5.74, 6) is -0.805. The third-order valence-electron chi connectivity index (χ3n) is 7.23. The molecule has 3 nitrogen and oxygen atoms in total. The molecule has 5 rings (SSSR count). The van der Waals surface area contributed by atoms with Crippen LogP contribution in [0.1, 0.15) is 33.8 Å². The second kappa shape index (κ2) is 11.5. The monoisotopic (exact) mass is 553 g/mol. The zero-order valence-corrected chi connectivity index (χ0v) is 22.7. The number of aliphatic hydroxyl groups excluding tert-OH is 1. The van der Waals surface area contributed by atoms with E-state index in [0.29, 0.717) is 18.7 Å². The maximum Gasteiger partial charge on any atom is 0.449 e. The van der Waals surface area contributed by atoms with Gasteiger partial charge >= 0.3 is 6.18 Å². The molecule has 0 amide bonds. The molecule has 0 spiro atoms. The molecule has 4 aromatic carbocycles. The number of aryl methyl sites for hydroxylation is 1. The van der Waals surface area contributed by atoms with E-state index in [2.05, 4.69) is 49.2 Å². The van der Waals surface area contributed by atoms with Gasteiger partial charge in [-0.1, -0.05) is 92.0 Å². The first-order valence-corrected chi connectivity index (χ1v) is 13.2. The van der Waals surface area contributed by atoms with Crippen molar-refractivity contribution >= 4 is 16.3 Å². The quantitative estimate of drug-likeness (QED) is 0.146. The Hall–Kier alpha value is -4.55. The zero-order chi connectivity index (χ0) is 29.1. The Morgan fingerprint density at radius 1 is 0.805 bits per heavy atom. The van der Waals surface area contributed by atoms with Crippen molar-refractivity contribution in [2.45, 2.75) is 32.7 Å². The fourth-order valence-electron chi connectivity index (χ4n) is 5.00. The van der Waals surface area contributed by atoms with Crippen LogP contribution in [-0.4, -0.2) is 10.0 Å². The van der Waals surface area contributed by atoms with Crippen LogP contribution in [0.15, 0.2) is 120 Å². The normalized spacial score (nSPS) is 11.7. The molecular weight excluding hydrogens is 523 g/mol. The predicted octanol–water partition coefficient (Wildman–Crippen LogP) is 9.71. The lowest BCUT2D eigenvalue weighted by atomic mass is 9.98. The van der Waals surface area contributed by atoms with Crippen molar-refractivity contribution in [2.24, 2.45) is 0 Å². The maximum atomic E-state index is 13.2. The van der Waals surface area contributed by atoms with Crippen LogP contribution in [0.25, 0.3) is 27.5 Å². The van der Waals surface area contributed by atoms with Gasteiger partial charge in [0.25, 0.3) is 0 Å². The van der Waals surface area contributed by atoms with Crippen LogP contribution in [0.4, 0.5) is 13.2 Å². The Labute approximate surface area is 237 Å². The highest BCUT2D eigenvalue weighted by molar-refractivity contribution is 5.86. The van der Waals surface area contributed by atoms with Crippen molar-refractivity contribution in [3.63, 3.8) is 0 Å². The summed E-state index contributed by atoms with van der Waals surface area (Å²) in [7, 11) is 0. The zero-order valence-electron chi connectivity index (χ0n) is 22.7. The highest BCUT2D eigenvalue weighted by Gasteiger charge is 2.34. The van der Waals surface area contributed by atoms with E-state index in [1.165, 1.54) is 6.07 Å². The molecule has 0 bridgehead atoms. The van der Waals surface area contributed by atoms with Crippen LogP contribution >= 0.6 is 0 Å². The van der Waals surface area contributed by atoms with Gasteiger partial charge < -0.3 is 9.52 Å². The first-order valence-electron chi connectivity index (χ1n) is 13.2. The molecule has 1 aromatic heterocycles. The Balaban J connectivity index is 1.43. The van der Waals surface area contributed by atoms with Crippen molar-refractivity contribution in [3.05, 3.63) is 150 Å². The fourth-order valence-corrected chi connectivity index (χ4v) is 5.00. The number of alkyl halides is 3. The van der Waals surface area contributed by atoms with Gasteiger partial charge in [0.2, 0.25) is 5.76 Å². The number of nitrogens with zero attached hydrogens (tertiary/aromatic N) is 1. The van der Waals surface area contributed by atoms with Crippen molar-refractivity contribution in [2.75, 3.05) is 0 Å². The van der Waals surface area contributed by atoms with Crippen LogP contribution in [0, 0.1) is 6.92 Å². The fraction of sp³-hybridized carbons (Fsp3) is 0.143. The minimum Gasteiger partial charge on any atom is -0.508 e. The van der Waals surface area contributed by atoms with Gasteiger partial charge in [0.15, 0.2) is 0 Å². The Morgan fingerprint density at radius 2 is 1.56 bits per heavy atom. The molecule has 5 aromatic rings. The topological polar surface area (TPSA) is 36.6 Å². The third-order valence-corrected chi connectivity index (χ3v) is 7.23. The van der Waals surface area contributed by atoms with Crippen LogP contribution < -0.4 is 0 Å². The van der Waals surface area contributed by atoms with Gasteiger partial charge in [-0.25, -0.2) is 0 Å². The van der Waals surface area contributed by atoms with E-state index >= 15 is 0 Å². The largest absolute Gasteiger partial charge is 0.508 e. The number of hydrogen-bond acceptors (Lipinski definition) is 3. The summed E-state index contributed by atoms with van der Waals surface area (Å²) in [5, 5.41) is 12.0. The van der Waals surface area contributed by atoms with E-state index in [4.69, 9.17) is 4.42 Å². The van der Waals surface area contributed by atoms with Gasteiger partial charge in [-0.15, -0.1) is 0 Å².